The summed E-state index contributed by atoms with van der Waals surface area (Å²) in [4.78, 5) is 62.9. The van der Waals surface area contributed by atoms with Crippen molar-refractivity contribution in [1.29, 1.82) is 0 Å². The van der Waals surface area contributed by atoms with E-state index in [4.69, 9.17) is 14.2 Å². The van der Waals surface area contributed by atoms with Crippen molar-refractivity contribution in [3.8, 4) is 11.5 Å². The van der Waals surface area contributed by atoms with Gasteiger partial charge >= 0.3 is 12.1 Å². The lowest BCUT2D eigenvalue weighted by Crippen LogP contribution is -2.64. The molecule has 3 amide bonds. The summed E-state index contributed by atoms with van der Waals surface area (Å²) in [7, 11) is 1.57. The van der Waals surface area contributed by atoms with Gasteiger partial charge in [0.15, 0.2) is 6.04 Å². The molecule has 0 spiro atoms. The van der Waals surface area contributed by atoms with Crippen LogP contribution in [-0.4, -0.2) is 105 Å². The standard InChI is InChI=1S/C36H40N4O8S/c1-36(2,3)48-35(45)38-15-14-26(19-38)39-16-13-23(31(39)42)17-25-21-49-33-29(37-18-24-7-5-6-8-28(24)41)32(43)40(33)30(25)34(44)47-20-22-9-11-27(46-4)12-10-22/h5-12,17-18,26,29,33,41H,13-16,19-21H2,1-4H3/b23-17+,37-18-/t26?,29-,33-/m1/s1. The Kier molecular flexibility index (Phi) is 9.73. The first-order valence-corrected chi connectivity index (χ1v) is 17.3. The van der Waals surface area contributed by atoms with Crippen molar-refractivity contribution < 1.29 is 38.5 Å². The van der Waals surface area contributed by atoms with Crippen LogP contribution in [0.4, 0.5) is 4.79 Å². The predicted octanol–water partition coefficient (Wildman–Crippen LogP) is 4.27. The number of allylic oxidation sites excluding steroid dienone is 1. The van der Waals surface area contributed by atoms with Gasteiger partial charge in [0.25, 0.3) is 5.91 Å². The Morgan fingerprint density at radius 1 is 1.08 bits per heavy atom. The van der Waals surface area contributed by atoms with Crippen LogP contribution in [0.25, 0.3) is 0 Å². The van der Waals surface area contributed by atoms with Gasteiger partial charge in [-0.1, -0.05) is 24.3 Å². The third-order valence-corrected chi connectivity index (χ3v) is 10.1. The van der Waals surface area contributed by atoms with Crippen molar-refractivity contribution in [3.05, 3.63) is 82.6 Å². The molecule has 49 heavy (non-hydrogen) atoms. The van der Waals surface area contributed by atoms with E-state index in [0.29, 0.717) is 60.7 Å². The molecule has 2 aromatic carbocycles. The minimum absolute atomic E-state index is 0.0204. The van der Waals surface area contributed by atoms with Gasteiger partial charge in [-0.3, -0.25) is 19.5 Å². The fraction of sp³-hybridized carbons (Fsp3) is 0.417. The number of aromatic hydroxyl groups is 1. The van der Waals surface area contributed by atoms with Crippen LogP contribution < -0.4 is 4.74 Å². The number of aliphatic imine (C=N–C) groups is 1. The van der Waals surface area contributed by atoms with Crippen LogP contribution in [-0.2, 0) is 30.5 Å². The Hall–Kier alpha value is -4.78. The number of fused-ring (bicyclic) bond motifs is 1. The molecule has 0 radical (unpaired) electrons. The molecule has 4 aliphatic heterocycles. The minimum Gasteiger partial charge on any atom is -0.507 e. The maximum Gasteiger partial charge on any atom is 0.410 e. The van der Waals surface area contributed by atoms with Crippen molar-refractivity contribution in [2.24, 2.45) is 4.99 Å². The molecule has 0 bridgehead atoms. The summed E-state index contributed by atoms with van der Waals surface area (Å²) >= 11 is 1.45. The molecule has 0 saturated carbocycles. The molecule has 258 valence electrons. The number of phenols is 1. The number of benzene rings is 2. The first kappa shape index (κ1) is 34.1. The molecule has 1 N–H and O–H groups in total. The lowest BCUT2D eigenvalue weighted by atomic mass is 10.0. The van der Waals surface area contributed by atoms with Gasteiger partial charge in [0.2, 0.25) is 5.91 Å². The number of para-hydroxylation sites is 1. The van der Waals surface area contributed by atoms with E-state index in [9.17, 15) is 24.3 Å². The van der Waals surface area contributed by atoms with Crippen LogP contribution >= 0.6 is 11.8 Å². The number of ether oxygens (including phenoxy) is 3. The monoisotopic (exact) mass is 688 g/mol. The van der Waals surface area contributed by atoms with Gasteiger partial charge < -0.3 is 29.1 Å². The molecule has 4 aliphatic rings. The van der Waals surface area contributed by atoms with E-state index >= 15 is 0 Å². The second-order valence-electron chi connectivity index (χ2n) is 13.3. The molecule has 3 saturated heterocycles. The Morgan fingerprint density at radius 2 is 1.84 bits per heavy atom. The third-order valence-electron chi connectivity index (χ3n) is 8.76. The largest absolute Gasteiger partial charge is 0.507 e. The summed E-state index contributed by atoms with van der Waals surface area (Å²) < 4.78 is 16.5. The normalized spacial score (nSPS) is 23.3. The van der Waals surface area contributed by atoms with Crippen molar-refractivity contribution in [2.75, 3.05) is 32.5 Å². The number of carbonyl (C=O) groups is 4. The maximum atomic E-state index is 13.7. The van der Waals surface area contributed by atoms with Gasteiger partial charge in [0.05, 0.1) is 13.2 Å². The van der Waals surface area contributed by atoms with Crippen molar-refractivity contribution in [3.63, 3.8) is 0 Å². The van der Waals surface area contributed by atoms with Crippen molar-refractivity contribution >= 4 is 41.9 Å². The summed E-state index contributed by atoms with van der Waals surface area (Å²) in [5.74, 6) is -0.114. The zero-order valence-electron chi connectivity index (χ0n) is 28.0. The summed E-state index contributed by atoms with van der Waals surface area (Å²) in [6, 6.07) is 12.9. The van der Waals surface area contributed by atoms with Gasteiger partial charge in [-0.25, -0.2) is 9.59 Å². The molecular weight excluding hydrogens is 648 g/mol. The quantitative estimate of drug-likeness (QED) is 0.187. The van der Waals surface area contributed by atoms with E-state index < -0.39 is 29.1 Å². The molecular formula is C36H40N4O8S. The van der Waals surface area contributed by atoms with E-state index in [2.05, 4.69) is 4.99 Å². The number of likely N-dealkylation sites (tertiary alicyclic amines) is 2. The summed E-state index contributed by atoms with van der Waals surface area (Å²) in [6.07, 6.45) is 3.91. The highest BCUT2D eigenvalue weighted by molar-refractivity contribution is 8.00. The van der Waals surface area contributed by atoms with E-state index in [1.165, 1.54) is 22.9 Å². The SMILES string of the molecule is COc1ccc(COC(=O)C2=C(/C=C3\CCN(C4CCN(C(=O)OC(C)(C)C)C4)C3=O)CS[C@@H]3[C@H](/N=C\c4ccccc4O)C(=O)N23)cc1. The van der Waals surface area contributed by atoms with Crippen LogP contribution in [0.2, 0.25) is 0 Å². The Morgan fingerprint density at radius 3 is 2.55 bits per heavy atom. The Labute approximate surface area is 289 Å². The lowest BCUT2D eigenvalue weighted by Gasteiger charge is -2.47. The average molecular weight is 689 g/mol. The van der Waals surface area contributed by atoms with Crippen LogP contribution in [0.3, 0.4) is 0 Å². The van der Waals surface area contributed by atoms with Crippen LogP contribution in [0.15, 0.2) is 76.4 Å². The molecule has 13 heteroatoms. The highest BCUT2D eigenvalue weighted by Gasteiger charge is 2.54. The number of carbonyl (C=O) groups excluding carboxylic acids is 4. The summed E-state index contributed by atoms with van der Waals surface area (Å²) in [6.45, 7) is 6.82. The second kappa shape index (κ2) is 14.0. The molecule has 12 nitrogen and oxygen atoms in total. The molecule has 0 aliphatic carbocycles. The first-order valence-electron chi connectivity index (χ1n) is 16.2. The Balaban J connectivity index is 1.22. The topological polar surface area (TPSA) is 138 Å². The van der Waals surface area contributed by atoms with Gasteiger partial charge in [-0.15, -0.1) is 11.8 Å². The van der Waals surface area contributed by atoms with Crippen molar-refractivity contribution in [2.45, 2.75) is 63.3 Å². The Bertz CT molecular complexity index is 1730. The van der Waals surface area contributed by atoms with Crippen LogP contribution in [0, 0.1) is 0 Å². The average Bonchev–Trinajstić information content (AvgIpc) is 3.70. The number of amides is 3. The van der Waals surface area contributed by atoms with E-state index in [1.807, 2.05) is 20.8 Å². The number of nitrogens with zero attached hydrogens (tertiary/aromatic N) is 4. The van der Waals surface area contributed by atoms with Gasteiger partial charge in [-0.05, 0) is 75.1 Å². The predicted molar refractivity (Wildman–Crippen MR) is 183 cm³/mol. The number of hydrogen-bond donors (Lipinski definition) is 1. The molecule has 1 unspecified atom stereocenters. The summed E-state index contributed by atoms with van der Waals surface area (Å²) in [5, 5.41) is 9.69. The number of thioether (sulfide) groups is 1. The summed E-state index contributed by atoms with van der Waals surface area (Å²) in [5.41, 5.74) is 1.79. The number of methoxy groups -OCH3 is 1. The van der Waals surface area contributed by atoms with E-state index in [-0.39, 0.29) is 35.9 Å². The molecule has 6 rings (SSSR count). The molecule has 3 fully saturated rings. The molecule has 3 atom stereocenters. The number of β-lactam (4-membered cyclic amide) rings is 1. The fourth-order valence-corrected chi connectivity index (χ4v) is 7.54. The van der Waals surface area contributed by atoms with Gasteiger partial charge in [0, 0.05) is 42.7 Å². The number of phenolic OH excluding ortho intramolecular Hbond substituents is 1. The number of esters is 1. The van der Waals surface area contributed by atoms with Gasteiger partial charge in [0.1, 0.15) is 34.8 Å². The van der Waals surface area contributed by atoms with Crippen molar-refractivity contribution in [1.82, 2.24) is 14.7 Å². The number of hydrogen-bond acceptors (Lipinski definition) is 10. The molecule has 4 heterocycles. The zero-order valence-corrected chi connectivity index (χ0v) is 28.8. The van der Waals surface area contributed by atoms with Crippen LogP contribution in [0.5, 0.6) is 11.5 Å². The smallest absolute Gasteiger partial charge is 0.410 e. The minimum atomic E-state index is -0.748. The van der Waals surface area contributed by atoms with Crippen LogP contribution in [0.1, 0.15) is 44.7 Å². The maximum absolute atomic E-state index is 13.7. The fourth-order valence-electron chi connectivity index (χ4n) is 6.24. The molecule has 2 aromatic rings. The van der Waals surface area contributed by atoms with E-state index in [1.54, 1.807) is 71.5 Å². The zero-order chi connectivity index (χ0) is 34.9. The highest BCUT2D eigenvalue weighted by atomic mass is 32.2. The third kappa shape index (κ3) is 7.31. The first-order chi connectivity index (χ1) is 23.4. The highest BCUT2D eigenvalue weighted by Crippen LogP contribution is 2.43. The lowest BCUT2D eigenvalue weighted by molar-refractivity contribution is -0.151. The molecule has 0 aromatic heterocycles. The van der Waals surface area contributed by atoms with Gasteiger partial charge in [-0.2, -0.15) is 0 Å². The second-order valence-corrected chi connectivity index (χ2v) is 14.4. The number of rotatable bonds is 8. The van der Waals surface area contributed by atoms with E-state index in [0.717, 1.165) is 5.56 Å².